The average Bonchev–Trinajstić information content (AvgIpc) is 3.08. The van der Waals surface area contributed by atoms with Gasteiger partial charge in [0.2, 0.25) is 5.91 Å². The predicted molar refractivity (Wildman–Crippen MR) is 181 cm³/mol. The van der Waals surface area contributed by atoms with Gasteiger partial charge in [-0.1, -0.05) is 84.9 Å². The third-order valence-electron chi connectivity index (χ3n) is 6.67. The molecule has 5 aromatic carbocycles. The van der Waals surface area contributed by atoms with Gasteiger partial charge in [-0.3, -0.25) is 14.4 Å². The molecule has 0 aromatic heterocycles. The zero-order valence-electron chi connectivity index (χ0n) is 24.5. The van der Waals surface area contributed by atoms with E-state index in [9.17, 15) is 14.4 Å². The number of hydrogen-bond donors (Lipinski definition) is 3. The van der Waals surface area contributed by atoms with E-state index >= 15 is 0 Å². The highest BCUT2D eigenvalue weighted by Gasteiger charge is 2.16. The van der Waals surface area contributed by atoms with Crippen molar-refractivity contribution in [3.8, 4) is 16.9 Å². The van der Waals surface area contributed by atoms with Gasteiger partial charge in [-0.25, -0.2) is 0 Å². The molecule has 0 aliphatic carbocycles. The number of rotatable bonds is 11. The van der Waals surface area contributed by atoms with Crippen molar-refractivity contribution >= 4 is 46.9 Å². The standard InChI is InChI=1S/C37H31N3O4S/c1-44-32-16-8-14-30(23-32)38-35(41)25-45-33-17-9-15-31(24-33)39-37(43)34(40-36(42)29-12-6-3-7-13-29)22-26-18-20-28(21-19-26)27-10-4-2-5-11-27/h2-24H,25H2,1H3,(H,38,41)(H,39,43)(H,40,42)/b34-22+. The molecule has 0 bridgehead atoms. The van der Waals surface area contributed by atoms with Crippen molar-refractivity contribution in [3.05, 3.63) is 150 Å². The Bertz CT molecular complexity index is 1810. The minimum Gasteiger partial charge on any atom is -0.497 e. The molecule has 3 amide bonds. The molecule has 0 fully saturated rings. The molecule has 5 aromatic rings. The van der Waals surface area contributed by atoms with Crippen LogP contribution in [0.15, 0.2) is 144 Å². The van der Waals surface area contributed by atoms with Crippen LogP contribution in [0.4, 0.5) is 11.4 Å². The van der Waals surface area contributed by atoms with Gasteiger partial charge in [0.15, 0.2) is 0 Å². The molecule has 8 heteroatoms. The first-order valence-electron chi connectivity index (χ1n) is 14.2. The Morgan fingerprint density at radius 2 is 1.33 bits per heavy atom. The molecule has 0 radical (unpaired) electrons. The summed E-state index contributed by atoms with van der Waals surface area (Å²) < 4.78 is 5.21. The summed E-state index contributed by atoms with van der Waals surface area (Å²) in [6, 6.07) is 40.8. The Kier molecular flexibility index (Phi) is 10.4. The molecule has 7 nitrogen and oxygen atoms in total. The van der Waals surface area contributed by atoms with Crippen molar-refractivity contribution in [3.63, 3.8) is 0 Å². The summed E-state index contributed by atoms with van der Waals surface area (Å²) in [5.74, 6) is -0.226. The fraction of sp³-hybridized carbons (Fsp3) is 0.0541. The van der Waals surface area contributed by atoms with Crippen LogP contribution < -0.4 is 20.7 Å². The third-order valence-corrected chi connectivity index (χ3v) is 7.67. The van der Waals surface area contributed by atoms with E-state index in [1.165, 1.54) is 11.8 Å². The minimum atomic E-state index is -0.482. The van der Waals surface area contributed by atoms with Crippen LogP contribution in [0.3, 0.4) is 0 Å². The van der Waals surface area contributed by atoms with Gasteiger partial charge < -0.3 is 20.7 Å². The highest BCUT2D eigenvalue weighted by Crippen LogP contribution is 2.24. The molecular weight excluding hydrogens is 582 g/mol. The van der Waals surface area contributed by atoms with Gasteiger partial charge in [0.05, 0.1) is 12.9 Å². The summed E-state index contributed by atoms with van der Waals surface area (Å²) in [7, 11) is 1.57. The third kappa shape index (κ3) is 8.95. The number of methoxy groups -OCH3 is 1. The number of ether oxygens (including phenoxy) is 1. The Hall–Kier alpha value is -5.60. The van der Waals surface area contributed by atoms with Crippen LogP contribution >= 0.6 is 11.8 Å². The highest BCUT2D eigenvalue weighted by atomic mass is 32.2. The molecule has 0 saturated carbocycles. The van der Waals surface area contributed by atoms with Gasteiger partial charge in [-0.2, -0.15) is 0 Å². The van der Waals surface area contributed by atoms with E-state index in [4.69, 9.17) is 4.74 Å². The quantitative estimate of drug-likeness (QED) is 0.106. The monoisotopic (exact) mass is 613 g/mol. The van der Waals surface area contributed by atoms with Gasteiger partial charge in [-0.15, -0.1) is 11.8 Å². The minimum absolute atomic E-state index is 0.0898. The van der Waals surface area contributed by atoms with Gasteiger partial charge in [-0.05, 0) is 65.2 Å². The van der Waals surface area contributed by atoms with Crippen molar-refractivity contribution in [2.24, 2.45) is 0 Å². The fourth-order valence-corrected chi connectivity index (χ4v) is 5.18. The van der Waals surface area contributed by atoms with Gasteiger partial charge >= 0.3 is 0 Å². The van der Waals surface area contributed by atoms with E-state index in [0.29, 0.717) is 22.7 Å². The zero-order chi connectivity index (χ0) is 31.4. The highest BCUT2D eigenvalue weighted by molar-refractivity contribution is 8.00. The smallest absolute Gasteiger partial charge is 0.272 e. The van der Waals surface area contributed by atoms with Crippen LogP contribution in [0, 0.1) is 0 Å². The number of amides is 3. The Labute approximate surface area is 266 Å². The number of carbonyl (C=O) groups is 3. The van der Waals surface area contributed by atoms with Crippen molar-refractivity contribution < 1.29 is 19.1 Å². The Morgan fingerprint density at radius 3 is 2.04 bits per heavy atom. The van der Waals surface area contributed by atoms with Gasteiger partial charge in [0.1, 0.15) is 11.4 Å². The summed E-state index contributed by atoms with van der Waals surface area (Å²) in [4.78, 5) is 39.9. The first kappa shape index (κ1) is 30.8. The van der Waals surface area contributed by atoms with Crippen LogP contribution in [-0.4, -0.2) is 30.6 Å². The lowest BCUT2D eigenvalue weighted by atomic mass is 10.0. The lowest BCUT2D eigenvalue weighted by Crippen LogP contribution is -2.30. The molecule has 0 unspecified atom stereocenters. The number of carbonyl (C=O) groups excluding carboxylic acids is 3. The van der Waals surface area contributed by atoms with Crippen molar-refractivity contribution in [1.29, 1.82) is 0 Å². The normalized spacial score (nSPS) is 10.9. The maximum atomic E-state index is 13.5. The van der Waals surface area contributed by atoms with Gasteiger partial charge in [0, 0.05) is 27.9 Å². The van der Waals surface area contributed by atoms with Crippen LogP contribution in [0.2, 0.25) is 0 Å². The van der Waals surface area contributed by atoms with E-state index in [2.05, 4.69) is 16.0 Å². The molecule has 224 valence electrons. The summed E-state index contributed by atoms with van der Waals surface area (Å²) in [5.41, 5.74) is 4.57. The SMILES string of the molecule is COc1cccc(NC(=O)CSc2cccc(NC(=O)/C(=C\c3ccc(-c4ccccc4)cc3)NC(=O)c3ccccc3)c2)c1. The Balaban J connectivity index is 1.29. The molecule has 0 heterocycles. The summed E-state index contributed by atoms with van der Waals surface area (Å²) in [5, 5.41) is 8.52. The lowest BCUT2D eigenvalue weighted by molar-refractivity contribution is -0.114. The van der Waals surface area contributed by atoms with Gasteiger partial charge in [0.25, 0.3) is 11.8 Å². The molecular formula is C37H31N3O4S. The molecule has 0 aliphatic heterocycles. The summed E-state index contributed by atoms with van der Waals surface area (Å²) >= 11 is 1.34. The number of anilines is 2. The number of nitrogens with one attached hydrogen (secondary N) is 3. The van der Waals surface area contributed by atoms with Crippen molar-refractivity contribution in [2.75, 3.05) is 23.5 Å². The van der Waals surface area contributed by atoms with Crippen molar-refractivity contribution in [2.45, 2.75) is 4.90 Å². The summed E-state index contributed by atoms with van der Waals surface area (Å²) in [6.07, 6.45) is 1.65. The molecule has 5 rings (SSSR count). The first-order chi connectivity index (χ1) is 22.0. The number of thioether (sulfide) groups is 1. The van der Waals surface area contributed by atoms with E-state index in [1.54, 1.807) is 79.9 Å². The van der Waals surface area contributed by atoms with Crippen molar-refractivity contribution in [1.82, 2.24) is 5.32 Å². The molecule has 45 heavy (non-hydrogen) atoms. The molecule has 0 aliphatic rings. The van der Waals surface area contributed by atoms with E-state index in [0.717, 1.165) is 21.6 Å². The fourth-order valence-electron chi connectivity index (χ4n) is 4.42. The number of hydrogen-bond acceptors (Lipinski definition) is 5. The second kappa shape index (κ2) is 15.2. The van der Waals surface area contributed by atoms with Crippen LogP contribution in [0.1, 0.15) is 15.9 Å². The second-order valence-electron chi connectivity index (χ2n) is 9.92. The lowest BCUT2D eigenvalue weighted by Gasteiger charge is -2.12. The molecule has 0 spiro atoms. The van der Waals surface area contributed by atoms with E-state index in [1.807, 2.05) is 66.7 Å². The number of benzene rings is 5. The zero-order valence-corrected chi connectivity index (χ0v) is 25.3. The van der Waals surface area contributed by atoms with Crippen LogP contribution in [0.25, 0.3) is 17.2 Å². The molecule has 3 N–H and O–H groups in total. The van der Waals surface area contributed by atoms with Crippen LogP contribution in [-0.2, 0) is 9.59 Å². The van der Waals surface area contributed by atoms with Crippen LogP contribution in [0.5, 0.6) is 5.75 Å². The maximum Gasteiger partial charge on any atom is 0.272 e. The Morgan fingerprint density at radius 1 is 0.689 bits per heavy atom. The van der Waals surface area contributed by atoms with E-state index in [-0.39, 0.29) is 17.4 Å². The largest absolute Gasteiger partial charge is 0.497 e. The maximum absolute atomic E-state index is 13.5. The second-order valence-corrected chi connectivity index (χ2v) is 11.0. The molecule has 0 atom stereocenters. The first-order valence-corrected chi connectivity index (χ1v) is 15.2. The topological polar surface area (TPSA) is 96.5 Å². The van der Waals surface area contributed by atoms with E-state index < -0.39 is 11.8 Å². The summed E-state index contributed by atoms with van der Waals surface area (Å²) in [6.45, 7) is 0. The predicted octanol–water partition coefficient (Wildman–Crippen LogP) is 7.50. The average molecular weight is 614 g/mol. The molecule has 0 saturated heterocycles.